The largest absolute Gasteiger partial charge is 0.497 e. The molecule has 0 spiro atoms. The zero-order valence-corrected chi connectivity index (χ0v) is 17.5. The van der Waals surface area contributed by atoms with Gasteiger partial charge in [0.15, 0.2) is 16.6 Å². The minimum absolute atomic E-state index is 0.0365. The van der Waals surface area contributed by atoms with E-state index in [1.54, 1.807) is 21.3 Å². The van der Waals surface area contributed by atoms with Crippen molar-refractivity contribution in [3.05, 3.63) is 47.5 Å². The lowest BCUT2D eigenvalue weighted by molar-refractivity contribution is 0.187. The van der Waals surface area contributed by atoms with Gasteiger partial charge in [0, 0.05) is 13.6 Å². The van der Waals surface area contributed by atoms with Crippen molar-refractivity contribution in [1.29, 1.82) is 0 Å². The Bertz CT molecular complexity index is 826. The summed E-state index contributed by atoms with van der Waals surface area (Å²) in [5.41, 5.74) is 2.35. The summed E-state index contributed by atoms with van der Waals surface area (Å²) < 4.78 is 22.3. The van der Waals surface area contributed by atoms with E-state index in [0.29, 0.717) is 17.5 Å². The van der Waals surface area contributed by atoms with Gasteiger partial charge in [-0.05, 0) is 66.2 Å². The van der Waals surface area contributed by atoms with Crippen LogP contribution in [0.5, 0.6) is 23.0 Å². The third-order valence-corrected chi connectivity index (χ3v) is 5.38. The number of nitrogens with zero attached hydrogens (tertiary/aromatic N) is 1. The Kier molecular flexibility index (Phi) is 6.46. The number of methoxy groups -OCH3 is 3. The van der Waals surface area contributed by atoms with E-state index in [0.717, 1.165) is 35.8 Å². The second-order valence-corrected chi connectivity index (χ2v) is 6.79. The van der Waals surface area contributed by atoms with E-state index in [1.165, 1.54) is 5.56 Å². The smallest absolute Gasteiger partial charge is 0.169 e. The summed E-state index contributed by atoms with van der Waals surface area (Å²) in [4.78, 5) is 2.16. The lowest BCUT2D eigenvalue weighted by atomic mass is 9.92. The molecule has 0 aliphatic carbocycles. The van der Waals surface area contributed by atoms with Crippen molar-refractivity contribution in [1.82, 2.24) is 10.2 Å². The van der Waals surface area contributed by atoms with Crippen molar-refractivity contribution < 1.29 is 18.9 Å². The Morgan fingerprint density at radius 2 is 1.68 bits per heavy atom. The number of benzene rings is 2. The van der Waals surface area contributed by atoms with Gasteiger partial charge in [0.25, 0.3) is 0 Å². The Balaban J connectivity index is 1.90. The molecular formula is C21H26N2O4S. The molecule has 1 aliphatic rings. The summed E-state index contributed by atoms with van der Waals surface area (Å²) in [7, 11) is 6.78. The number of thiocarbonyl (C=S) groups is 1. The highest BCUT2D eigenvalue weighted by molar-refractivity contribution is 7.80. The van der Waals surface area contributed by atoms with Crippen molar-refractivity contribution in [3.8, 4) is 23.0 Å². The molecule has 1 N–H and O–H groups in total. The van der Waals surface area contributed by atoms with Gasteiger partial charge in [-0.15, -0.1) is 0 Å². The molecule has 0 radical (unpaired) electrons. The van der Waals surface area contributed by atoms with E-state index in [4.69, 9.17) is 31.2 Å². The topological polar surface area (TPSA) is 52.2 Å². The van der Waals surface area contributed by atoms with Gasteiger partial charge < -0.3 is 29.2 Å². The third kappa shape index (κ3) is 4.09. The van der Waals surface area contributed by atoms with E-state index < -0.39 is 0 Å². The first-order valence-corrected chi connectivity index (χ1v) is 9.52. The molecule has 0 saturated carbocycles. The SMILES string of the molecule is CNC(=S)N1CCc2cc(OC)c(OC)cc2[C@@H]1COc1ccc(OC)cc1. The quantitative estimate of drug-likeness (QED) is 0.745. The zero-order valence-electron chi connectivity index (χ0n) is 16.7. The number of rotatable bonds is 6. The number of nitrogens with one attached hydrogen (secondary N) is 1. The van der Waals surface area contributed by atoms with Crippen molar-refractivity contribution in [2.45, 2.75) is 12.5 Å². The molecule has 2 aromatic rings. The highest BCUT2D eigenvalue weighted by Crippen LogP contribution is 2.38. The van der Waals surface area contributed by atoms with Gasteiger partial charge in [0.2, 0.25) is 0 Å². The van der Waals surface area contributed by atoms with Crippen LogP contribution in [0.15, 0.2) is 36.4 Å². The van der Waals surface area contributed by atoms with Crippen LogP contribution in [-0.2, 0) is 6.42 Å². The van der Waals surface area contributed by atoms with Crippen LogP contribution < -0.4 is 24.3 Å². The van der Waals surface area contributed by atoms with Gasteiger partial charge in [-0.1, -0.05) is 0 Å². The predicted octanol–water partition coefficient (Wildman–Crippen LogP) is 3.19. The fourth-order valence-corrected chi connectivity index (χ4v) is 3.66. The highest BCUT2D eigenvalue weighted by atomic mass is 32.1. The van der Waals surface area contributed by atoms with E-state index in [2.05, 4.69) is 10.2 Å². The molecular weight excluding hydrogens is 376 g/mol. The molecule has 0 saturated heterocycles. The summed E-state index contributed by atoms with van der Waals surface area (Å²) in [5.74, 6) is 3.02. The van der Waals surface area contributed by atoms with Crippen LogP contribution in [0.1, 0.15) is 17.2 Å². The van der Waals surface area contributed by atoms with Gasteiger partial charge in [-0.2, -0.15) is 0 Å². The summed E-state index contributed by atoms with van der Waals surface area (Å²) in [6.45, 7) is 1.26. The van der Waals surface area contributed by atoms with Gasteiger partial charge in [-0.25, -0.2) is 0 Å². The third-order valence-electron chi connectivity index (χ3n) is 4.94. The first-order valence-electron chi connectivity index (χ1n) is 9.11. The zero-order chi connectivity index (χ0) is 20.1. The Morgan fingerprint density at radius 3 is 2.29 bits per heavy atom. The van der Waals surface area contributed by atoms with Gasteiger partial charge in [0.05, 0.1) is 27.4 Å². The fraction of sp³-hybridized carbons (Fsp3) is 0.381. The molecule has 0 unspecified atom stereocenters. The first-order chi connectivity index (χ1) is 13.6. The lowest BCUT2D eigenvalue weighted by Gasteiger charge is -2.38. The van der Waals surface area contributed by atoms with Crippen molar-refractivity contribution in [2.24, 2.45) is 0 Å². The molecule has 0 fully saturated rings. The fourth-order valence-electron chi connectivity index (χ4n) is 3.44. The Labute approximate surface area is 171 Å². The monoisotopic (exact) mass is 402 g/mol. The number of fused-ring (bicyclic) bond motifs is 1. The Morgan fingerprint density at radius 1 is 1.04 bits per heavy atom. The van der Waals surface area contributed by atoms with E-state index in [-0.39, 0.29) is 6.04 Å². The van der Waals surface area contributed by atoms with Crippen LogP contribution in [0.4, 0.5) is 0 Å². The molecule has 1 heterocycles. The first kappa shape index (κ1) is 20.1. The molecule has 0 amide bonds. The van der Waals surface area contributed by atoms with Crippen LogP contribution in [0.25, 0.3) is 0 Å². The van der Waals surface area contributed by atoms with E-state index >= 15 is 0 Å². The molecule has 2 aromatic carbocycles. The molecule has 28 heavy (non-hydrogen) atoms. The highest BCUT2D eigenvalue weighted by Gasteiger charge is 2.31. The second-order valence-electron chi connectivity index (χ2n) is 6.41. The standard InChI is InChI=1S/C21H26N2O4S/c1-22-21(28)23-10-9-14-11-19(25-3)20(26-4)12-17(14)18(23)13-27-16-7-5-15(24-2)6-8-16/h5-8,11-12,18H,9-10,13H2,1-4H3,(H,22,28)/t18-/m0/s1. The van der Waals surface area contributed by atoms with Crippen LogP contribution >= 0.6 is 12.2 Å². The maximum atomic E-state index is 6.10. The summed E-state index contributed by atoms with van der Waals surface area (Å²) in [6.07, 6.45) is 0.872. The maximum absolute atomic E-state index is 6.10. The van der Waals surface area contributed by atoms with Gasteiger partial charge in [0.1, 0.15) is 18.1 Å². The van der Waals surface area contributed by atoms with Gasteiger partial charge >= 0.3 is 0 Å². The van der Waals surface area contributed by atoms with Crippen LogP contribution in [0.3, 0.4) is 0 Å². The van der Waals surface area contributed by atoms with Crippen LogP contribution in [-0.4, -0.2) is 51.5 Å². The molecule has 0 bridgehead atoms. The van der Waals surface area contributed by atoms with Gasteiger partial charge in [-0.3, -0.25) is 0 Å². The molecule has 3 rings (SSSR count). The van der Waals surface area contributed by atoms with Crippen molar-refractivity contribution in [3.63, 3.8) is 0 Å². The van der Waals surface area contributed by atoms with Crippen LogP contribution in [0.2, 0.25) is 0 Å². The predicted molar refractivity (Wildman–Crippen MR) is 113 cm³/mol. The molecule has 7 heteroatoms. The van der Waals surface area contributed by atoms with Crippen LogP contribution in [0, 0.1) is 0 Å². The number of hydrogen-bond acceptors (Lipinski definition) is 5. The average molecular weight is 403 g/mol. The lowest BCUT2D eigenvalue weighted by Crippen LogP contribution is -2.46. The van der Waals surface area contributed by atoms with E-state index in [9.17, 15) is 0 Å². The number of hydrogen-bond donors (Lipinski definition) is 1. The maximum Gasteiger partial charge on any atom is 0.169 e. The normalized spacial score (nSPS) is 15.4. The molecule has 0 aromatic heterocycles. The molecule has 150 valence electrons. The molecule has 1 atom stereocenters. The van der Waals surface area contributed by atoms with Crippen molar-refractivity contribution in [2.75, 3.05) is 41.5 Å². The minimum atomic E-state index is -0.0365. The summed E-state index contributed by atoms with van der Waals surface area (Å²) in [6, 6.07) is 11.6. The van der Waals surface area contributed by atoms with E-state index in [1.807, 2.05) is 43.4 Å². The second kappa shape index (κ2) is 9.01. The molecule has 6 nitrogen and oxygen atoms in total. The van der Waals surface area contributed by atoms with Crippen molar-refractivity contribution >= 4 is 17.3 Å². The Hall–Kier alpha value is -2.67. The molecule has 1 aliphatic heterocycles. The average Bonchev–Trinajstić information content (AvgIpc) is 2.75. The summed E-state index contributed by atoms with van der Waals surface area (Å²) >= 11 is 5.54. The summed E-state index contributed by atoms with van der Waals surface area (Å²) in [5, 5.41) is 3.79. The minimum Gasteiger partial charge on any atom is -0.497 e. The number of ether oxygens (including phenoxy) is 4.